The summed E-state index contributed by atoms with van der Waals surface area (Å²) in [5.41, 5.74) is 0.483. The van der Waals surface area contributed by atoms with Crippen LogP contribution in [0.3, 0.4) is 0 Å². The Kier molecular flexibility index (Phi) is 8.45. The van der Waals surface area contributed by atoms with Gasteiger partial charge >= 0.3 is 5.97 Å². The van der Waals surface area contributed by atoms with Crippen LogP contribution in [-0.2, 0) is 26.0 Å². The molecule has 8 nitrogen and oxygen atoms in total. The highest BCUT2D eigenvalue weighted by molar-refractivity contribution is 7.92. The summed E-state index contributed by atoms with van der Waals surface area (Å²) in [5, 5.41) is 4.66. The van der Waals surface area contributed by atoms with Crippen LogP contribution in [0, 0.1) is 0 Å². The molecule has 3 aromatic rings. The SMILES string of the molecule is CCOc1ccc(S(=O)(=O)Nc2ccc(C(=O)OCC(=O)NCCc3cccs3)cc2)cc1. The molecular formula is C23H24N2O6S2. The highest BCUT2D eigenvalue weighted by Gasteiger charge is 2.15. The predicted octanol–water partition coefficient (Wildman–Crippen LogP) is 3.46. The summed E-state index contributed by atoms with van der Waals surface area (Å²) < 4.78 is 37.9. The van der Waals surface area contributed by atoms with Crippen molar-refractivity contribution < 1.29 is 27.5 Å². The molecule has 0 aliphatic heterocycles. The monoisotopic (exact) mass is 488 g/mol. The zero-order chi connectivity index (χ0) is 23.7. The predicted molar refractivity (Wildman–Crippen MR) is 126 cm³/mol. The number of hydrogen-bond donors (Lipinski definition) is 2. The molecule has 2 N–H and O–H groups in total. The Bertz CT molecular complexity index is 1160. The van der Waals surface area contributed by atoms with Crippen LogP contribution < -0.4 is 14.8 Å². The molecule has 1 amide bonds. The molecule has 1 aromatic heterocycles. The summed E-state index contributed by atoms with van der Waals surface area (Å²) in [6, 6.07) is 15.7. The number of carbonyl (C=O) groups is 2. The lowest BCUT2D eigenvalue weighted by molar-refractivity contribution is -0.124. The van der Waals surface area contributed by atoms with E-state index < -0.39 is 22.6 Å². The van der Waals surface area contributed by atoms with Crippen molar-refractivity contribution >= 4 is 38.9 Å². The number of carbonyl (C=O) groups excluding carboxylic acids is 2. The number of rotatable bonds is 11. The molecule has 33 heavy (non-hydrogen) atoms. The van der Waals surface area contributed by atoms with Gasteiger partial charge in [0.2, 0.25) is 0 Å². The van der Waals surface area contributed by atoms with E-state index >= 15 is 0 Å². The molecule has 0 spiro atoms. The maximum atomic E-state index is 12.5. The average Bonchev–Trinajstić information content (AvgIpc) is 3.32. The highest BCUT2D eigenvalue weighted by Crippen LogP contribution is 2.20. The van der Waals surface area contributed by atoms with E-state index in [0.717, 1.165) is 4.88 Å². The summed E-state index contributed by atoms with van der Waals surface area (Å²) in [4.78, 5) is 25.2. The van der Waals surface area contributed by atoms with E-state index in [9.17, 15) is 18.0 Å². The lowest BCUT2D eigenvalue weighted by atomic mass is 10.2. The van der Waals surface area contributed by atoms with Gasteiger partial charge in [-0.3, -0.25) is 9.52 Å². The van der Waals surface area contributed by atoms with E-state index in [2.05, 4.69) is 10.0 Å². The van der Waals surface area contributed by atoms with Crippen molar-refractivity contribution in [3.63, 3.8) is 0 Å². The molecule has 3 rings (SSSR count). The molecule has 0 aliphatic carbocycles. The van der Waals surface area contributed by atoms with Gasteiger partial charge in [0.1, 0.15) is 5.75 Å². The number of sulfonamides is 1. The van der Waals surface area contributed by atoms with Crippen molar-refractivity contribution in [3.05, 3.63) is 76.5 Å². The second-order valence-electron chi connectivity index (χ2n) is 6.84. The van der Waals surface area contributed by atoms with Crippen LogP contribution in [0.15, 0.2) is 70.9 Å². The van der Waals surface area contributed by atoms with E-state index in [0.29, 0.717) is 25.3 Å². The maximum absolute atomic E-state index is 12.5. The van der Waals surface area contributed by atoms with Gasteiger partial charge in [0.25, 0.3) is 15.9 Å². The quantitative estimate of drug-likeness (QED) is 0.400. The minimum Gasteiger partial charge on any atom is -0.494 e. The van der Waals surface area contributed by atoms with Crippen molar-refractivity contribution in [2.24, 2.45) is 0 Å². The minimum absolute atomic E-state index is 0.0829. The Balaban J connectivity index is 1.48. The summed E-state index contributed by atoms with van der Waals surface area (Å²) in [7, 11) is -3.80. The highest BCUT2D eigenvalue weighted by atomic mass is 32.2. The Morgan fingerprint density at radius 3 is 2.36 bits per heavy atom. The van der Waals surface area contributed by atoms with E-state index in [1.54, 1.807) is 23.5 Å². The van der Waals surface area contributed by atoms with Crippen LogP contribution in [0.4, 0.5) is 5.69 Å². The van der Waals surface area contributed by atoms with Gasteiger partial charge in [-0.15, -0.1) is 11.3 Å². The van der Waals surface area contributed by atoms with Crippen molar-refractivity contribution in [2.75, 3.05) is 24.5 Å². The summed E-state index contributed by atoms with van der Waals surface area (Å²) in [6.45, 7) is 2.39. The van der Waals surface area contributed by atoms with Gasteiger partial charge in [0.15, 0.2) is 6.61 Å². The number of ether oxygens (including phenoxy) is 2. The lowest BCUT2D eigenvalue weighted by Crippen LogP contribution is -2.30. The van der Waals surface area contributed by atoms with Gasteiger partial charge < -0.3 is 14.8 Å². The van der Waals surface area contributed by atoms with Crippen molar-refractivity contribution in [1.29, 1.82) is 0 Å². The van der Waals surface area contributed by atoms with Crippen LogP contribution in [-0.4, -0.2) is 40.1 Å². The zero-order valence-electron chi connectivity index (χ0n) is 17.9. The molecule has 0 radical (unpaired) electrons. The standard InChI is InChI=1S/C23H24N2O6S2/c1-2-30-19-9-11-21(12-10-19)33(28,29)25-18-7-5-17(6-8-18)23(27)31-16-22(26)24-14-13-20-4-3-15-32-20/h3-12,15,25H,2,13-14,16H2,1H3,(H,24,26). The van der Waals surface area contributed by atoms with Crippen molar-refractivity contribution in [3.8, 4) is 5.75 Å². The van der Waals surface area contributed by atoms with Crippen LogP contribution in [0.25, 0.3) is 0 Å². The second-order valence-corrected chi connectivity index (χ2v) is 9.56. The number of amides is 1. The van der Waals surface area contributed by atoms with E-state index in [1.807, 2.05) is 24.4 Å². The van der Waals surface area contributed by atoms with Gasteiger partial charge in [-0.2, -0.15) is 0 Å². The smallest absolute Gasteiger partial charge is 0.338 e. The molecule has 2 aromatic carbocycles. The number of benzene rings is 2. The van der Waals surface area contributed by atoms with Crippen LogP contribution >= 0.6 is 11.3 Å². The fourth-order valence-corrected chi connectivity index (χ4v) is 4.58. The fourth-order valence-electron chi connectivity index (χ4n) is 2.82. The summed E-state index contributed by atoms with van der Waals surface area (Å²) in [5.74, 6) is -0.487. The third kappa shape index (κ3) is 7.33. The third-order valence-electron chi connectivity index (χ3n) is 4.43. The Hall–Kier alpha value is -3.37. The first-order chi connectivity index (χ1) is 15.9. The molecule has 174 valence electrons. The summed E-state index contributed by atoms with van der Waals surface area (Å²) in [6.07, 6.45) is 0.714. The molecule has 0 unspecified atom stereocenters. The number of anilines is 1. The van der Waals surface area contributed by atoms with E-state index in [-0.39, 0.29) is 22.1 Å². The van der Waals surface area contributed by atoms with Crippen molar-refractivity contribution in [1.82, 2.24) is 5.32 Å². The van der Waals surface area contributed by atoms with Gasteiger partial charge in [-0.05, 0) is 73.3 Å². The second kappa shape index (κ2) is 11.5. The van der Waals surface area contributed by atoms with Gasteiger partial charge in [-0.25, -0.2) is 13.2 Å². The Morgan fingerprint density at radius 2 is 1.73 bits per heavy atom. The van der Waals surface area contributed by atoms with Gasteiger partial charge in [0, 0.05) is 17.1 Å². The normalized spacial score (nSPS) is 10.9. The molecule has 0 aliphatic rings. The molecule has 0 saturated heterocycles. The molecular weight excluding hydrogens is 464 g/mol. The third-order valence-corrected chi connectivity index (χ3v) is 6.76. The first kappa shape index (κ1) is 24.3. The number of thiophene rings is 1. The topological polar surface area (TPSA) is 111 Å². The average molecular weight is 489 g/mol. The lowest BCUT2D eigenvalue weighted by Gasteiger charge is -2.10. The number of nitrogens with one attached hydrogen (secondary N) is 2. The first-order valence-electron chi connectivity index (χ1n) is 10.2. The van der Waals surface area contributed by atoms with E-state index in [4.69, 9.17) is 9.47 Å². The zero-order valence-corrected chi connectivity index (χ0v) is 19.6. The van der Waals surface area contributed by atoms with Gasteiger partial charge in [0.05, 0.1) is 17.1 Å². The van der Waals surface area contributed by atoms with Gasteiger partial charge in [-0.1, -0.05) is 6.07 Å². The molecule has 0 bridgehead atoms. The maximum Gasteiger partial charge on any atom is 0.338 e. The number of esters is 1. The van der Waals surface area contributed by atoms with Crippen LogP contribution in [0.2, 0.25) is 0 Å². The molecule has 0 saturated carbocycles. The van der Waals surface area contributed by atoms with Crippen LogP contribution in [0.5, 0.6) is 5.75 Å². The fraction of sp³-hybridized carbons (Fsp3) is 0.217. The minimum atomic E-state index is -3.80. The van der Waals surface area contributed by atoms with E-state index in [1.165, 1.54) is 36.4 Å². The Labute approximate surface area is 196 Å². The first-order valence-corrected chi connectivity index (χ1v) is 12.6. The molecule has 1 heterocycles. The molecule has 10 heteroatoms. The molecule has 0 atom stereocenters. The molecule has 0 fully saturated rings. The Morgan fingerprint density at radius 1 is 1.00 bits per heavy atom. The summed E-state index contributed by atoms with van der Waals surface area (Å²) >= 11 is 1.61. The van der Waals surface area contributed by atoms with Crippen LogP contribution in [0.1, 0.15) is 22.2 Å². The largest absolute Gasteiger partial charge is 0.494 e. The number of hydrogen-bond acceptors (Lipinski definition) is 7. The van der Waals surface area contributed by atoms with Crippen molar-refractivity contribution in [2.45, 2.75) is 18.2 Å².